The number of nitrogens with zero attached hydrogens (tertiary/aromatic N) is 3. The number of aromatic nitrogens is 4. The molecule has 1 aromatic carbocycles. The molecule has 0 radical (unpaired) electrons. The minimum absolute atomic E-state index is 0.0228. The minimum atomic E-state index is -3.73. The number of nitrogens with one attached hydrogen (secondary N) is 1. The van der Waals surface area contributed by atoms with Crippen LogP contribution >= 0.6 is 0 Å². The van der Waals surface area contributed by atoms with Gasteiger partial charge in [0.1, 0.15) is 10.7 Å². The Hall–Kier alpha value is -2.95. The van der Waals surface area contributed by atoms with Gasteiger partial charge >= 0.3 is 6.16 Å². The Balaban J connectivity index is 2.03. The number of imidazole rings is 1. The summed E-state index contributed by atoms with van der Waals surface area (Å²) in [6, 6.07) is 2.21. The Bertz CT molecular complexity index is 1060. The van der Waals surface area contributed by atoms with Crippen molar-refractivity contribution in [3.63, 3.8) is 0 Å². The van der Waals surface area contributed by atoms with Gasteiger partial charge in [0.05, 0.1) is 29.2 Å². The van der Waals surface area contributed by atoms with Gasteiger partial charge in [-0.15, -0.1) is 0 Å². The third-order valence-electron chi connectivity index (χ3n) is 3.31. The van der Waals surface area contributed by atoms with Crippen LogP contribution in [0.5, 0.6) is 5.75 Å². The van der Waals surface area contributed by atoms with E-state index in [-0.39, 0.29) is 28.5 Å². The number of ether oxygens (including phenoxy) is 1. The minimum Gasteiger partial charge on any atom is -0.449 e. The van der Waals surface area contributed by atoms with E-state index in [0.717, 1.165) is 12.1 Å². The first kappa shape index (κ1) is 16.9. The number of fused-ring (bicyclic) bond motifs is 1. The molecule has 3 aromatic rings. The van der Waals surface area contributed by atoms with E-state index in [9.17, 15) is 17.6 Å². The molecule has 0 amide bonds. The number of carboxylic acid groups (broad SMARTS) is 1. The molecule has 2 aromatic heterocycles. The van der Waals surface area contributed by atoms with Crippen LogP contribution in [0, 0.1) is 5.82 Å². The molecule has 2 heterocycles. The fraction of sp³-hybridized carbons (Fsp3) is 0.214. The van der Waals surface area contributed by atoms with E-state index < -0.39 is 26.7 Å². The van der Waals surface area contributed by atoms with Crippen molar-refractivity contribution in [2.75, 3.05) is 5.75 Å². The summed E-state index contributed by atoms with van der Waals surface area (Å²) in [5.41, 5.74) is 0.515. The highest BCUT2D eigenvalue weighted by Gasteiger charge is 2.21. The average molecular weight is 368 g/mol. The number of sulfone groups is 1. The third-order valence-corrected chi connectivity index (χ3v) is 5.24. The number of carbonyl (C=O) groups is 1. The van der Waals surface area contributed by atoms with E-state index in [2.05, 4.69) is 19.8 Å². The fourth-order valence-electron chi connectivity index (χ4n) is 2.30. The maximum atomic E-state index is 14.2. The Morgan fingerprint density at radius 1 is 1.44 bits per heavy atom. The molecule has 0 unspecified atom stereocenters. The van der Waals surface area contributed by atoms with Crippen molar-refractivity contribution in [2.24, 2.45) is 0 Å². The van der Waals surface area contributed by atoms with Crippen molar-refractivity contribution in [3.05, 3.63) is 30.3 Å². The molecular weight excluding hydrogens is 355 g/mol. The van der Waals surface area contributed by atoms with E-state index in [0.29, 0.717) is 6.42 Å². The molecule has 132 valence electrons. The highest BCUT2D eigenvalue weighted by molar-refractivity contribution is 7.91. The molecule has 11 heteroatoms. The summed E-state index contributed by atoms with van der Waals surface area (Å²) in [6.07, 6.45) is 1.30. The fourth-order valence-corrected chi connectivity index (χ4v) is 3.70. The second kappa shape index (κ2) is 6.16. The number of aromatic amines is 1. The lowest BCUT2D eigenvalue weighted by Gasteiger charge is -2.03. The summed E-state index contributed by atoms with van der Waals surface area (Å²) in [4.78, 5) is 17.0. The van der Waals surface area contributed by atoms with Gasteiger partial charge in [0, 0.05) is 6.07 Å². The molecule has 25 heavy (non-hydrogen) atoms. The van der Waals surface area contributed by atoms with Gasteiger partial charge in [-0.25, -0.2) is 27.3 Å². The van der Waals surface area contributed by atoms with Crippen LogP contribution in [0.15, 0.2) is 29.4 Å². The summed E-state index contributed by atoms with van der Waals surface area (Å²) in [5, 5.41) is 12.4. The number of H-pyrrole nitrogens is 1. The molecule has 0 spiro atoms. The smallest absolute Gasteiger partial charge is 0.449 e. The van der Waals surface area contributed by atoms with Crippen molar-refractivity contribution in [2.45, 2.75) is 18.2 Å². The molecule has 0 bridgehead atoms. The van der Waals surface area contributed by atoms with Gasteiger partial charge < -0.3 is 14.8 Å². The van der Waals surface area contributed by atoms with Crippen LogP contribution in [0.25, 0.3) is 17.0 Å². The van der Waals surface area contributed by atoms with Gasteiger partial charge in [-0.1, -0.05) is 6.92 Å². The molecule has 0 saturated heterocycles. The largest absolute Gasteiger partial charge is 0.511 e. The predicted molar refractivity (Wildman–Crippen MR) is 84.2 cm³/mol. The second-order valence-corrected chi connectivity index (χ2v) is 7.25. The number of halogens is 1. The number of hydrogen-bond acceptors (Lipinski definition) is 6. The number of benzene rings is 1. The summed E-state index contributed by atoms with van der Waals surface area (Å²) >= 11 is 0. The van der Waals surface area contributed by atoms with Crippen molar-refractivity contribution < 1.29 is 27.4 Å². The Kier molecular flexibility index (Phi) is 4.17. The van der Waals surface area contributed by atoms with Gasteiger partial charge in [0.25, 0.3) is 0 Å². The summed E-state index contributed by atoms with van der Waals surface area (Å²) in [5.74, 6) is -0.904. The van der Waals surface area contributed by atoms with Gasteiger partial charge in [0.2, 0.25) is 5.95 Å². The Morgan fingerprint density at radius 3 is 2.88 bits per heavy atom. The topological polar surface area (TPSA) is 127 Å². The maximum Gasteiger partial charge on any atom is 0.511 e. The van der Waals surface area contributed by atoms with Gasteiger partial charge in [0.15, 0.2) is 15.6 Å². The van der Waals surface area contributed by atoms with Crippen LogP contribution in [0.1, 0.15) is 13.3 Å². The summed E-state index contributed by atoms with van der Waals surface area (Å²) in [7, 11) is -3.73. The first-order chi connectivity index (χ1) is 11.8. The summed E-state index contributed by atoms with van der Waals surface area (Å²) < 4.78 is 44.0. The van der Waals surface area contributed by atoms with Gasteiger partial charge in [-0.2, -0.15) is 5.10 Å². The van der Waals surface area contributed by atoms with Crippen molar-refractivity contribution in [1.82, 2.24) is 19.7 Å². The van der Waals surface area contributed by atoms with Crippen molar-refractivity contribution in [1.29, 1.82) is 0 Å². The lowest BCUT2D eigenvalue weighted by molar-refractivity contribution is 0.144. The van der Waals surface area contributed by atoms with E-state index >= 15 is 0 Å². The van der Waals surface area contributed by atoms with Gasteiger partial charge in [-0.3, -0.25) is 0 Å². The molecule has 0 aliphatic rings. The van der Waals surface area contributed by atoms with Crippen LogP contribution in [0.4, 0.5) is 9.18 Å². The molecule has 2 N–H and O–H groups in total. The molecule has 0 atom stereocenters. The normalized spacial score (nSPS) is 11.8. The van der Waals surface area contributed by atoms with Crippen LogP contribution in [0.3, 0.4) is 0 Å². The van der Waals surface area contributed by atoms with Crippen LogP contribution < -0.4 is 4.74 Å². The van der Waals surface area contributed by atoms with Gasteiger partial charge in [-0.05, 0) is 12.5 Å². The summed E-state index contributed by atoms with van der Waals surface area (Å²) in [6.45, 7) is 1.69. The average Bonchev–Trinajstić information content (AvgIpc) is 3.11. The predicted octanol–water partition coefficient (Wildman–Crippen LogP) is 2.13. The monoisotopic (exact) mass is 368 g/mol. The Morgan fingerprint density at radius 2 is 2.20 bits per heavy atom. The molecular formula is C14H13FN4O5S. The SMILES string of the molecule is CCCS(=O)(=O)c1cc2nc(-n3cc(OC(=O)O)cn3)[nH]c2cc1F. The standard InChI is InChI=1S/C14H13FN4O5S/c1-2-3-25(22,23)12-5-11-10(4-9(12)15)17-13(18-11)19-7-8(6-16-19)24-14(20)21/h4-7H,2-3H2,1H3,(H,17,18)(H,20,21). The number of rotatable bonds is 5. The van der Waals surface area contributed by atoms with Crippen LogP contribution in [0.2, 0.25) is 0 Å². The highest BCUT2D eigenvalue weighted by atomic mass is 32.2. The molecule has 9 nitrogen and oxygen atoms in total. The van der Waals surface area contributed by atoms with E-state index in [1.54, 1.807) is 6.92 Å². The van der Waals surface area contributed by atoms with E-state index in [1.165, 1.54) is 17.1 Å². The van der Waals surface area contributed by atoms with Crippen LogP contribution in [-0.2, 0) is 9.84 Å². The molecule has 0 aliphatic heterocycles. The Labute approximate surface area is 141 Å². The zero-order chi connectivity index (χ0) is 18.2. The lowest BCUT2D eigenvalue weighted by atomic mass is 10.3. The van der Waals surface area contributed by atoms with E-state index in [4.69, 9.17) is 5.11 Å². The second-order valence-electron chi connectivity index (χ2n) is 5.17. The quantitative estimate of drug-likeness (QED) is 0.660. The highest BCUT2D eigenvalue weighted by Crippen LogP contribution is 2.24. The van der Waals surface area contributed by atoms with E-state index in [1.807, 2.05) is 0 Å². The molecule has 3 rings (SSSR count). The maximum absolute atomic E-state index is 14.2. The molecule has 0 aliphatic carbocycles. The third kappa shape index (κ3) is 3.31. The molecule has 0 fully saturated rings. The van der Waals surface area contributed by atoms with Crippen molar-refractivity contribution >= 4 is 27.0 Å². The zero-order valence-corrected chi connectivity index (χ0v) is 13.7. The zero-order valence-electron chi connectivity index (χ0n) is 12.9. The molecule has 0 saturated carbocycles. The first-order valence-electron chi connectivity index (χ1n) is 7.18. The first-order valence-corrected chi connectivity index (χ1v) is 8.83. The number of hydrogen-bond donors (Lipinski definition) is 2. The van der Waals surface area contributed by atoms with Crippen molar-refractivity contribution in [3.8, 4) is 11.7 Å². The van der Waals surface area contributed by atoms with Crippen LogP contribution in [-0.4, -0.2) is 45.2 Å². The lowest BCUT2D eigenvalue weighted by Crippen LogP contribution is -2.08.